The van der Waals surface area contributed by atoms with E-state index in [1.54, 1.807) is 18.2 Å². The second kappa shape index (κ2) is 18.3. The van der Waals surface area contributed by atoms with Crippen LogP contribution in [0.4, 0.5) is 17.1 Å². The normalized spacial score (nSPS) is 12.1. The zero-order chi connectivity index (χ0) is 37.3. The van der Waals surface area contributed by atoms with Gasteiger partial charge in [-0.25, -0.2) is 39.2 Å². The Morgan fingerprint density at radius 3 is 1.64 bits per heavy atom. The molecule has 262 valence electrons. The maximum Gasteiger partial charge on any atom is 1.00 e. The van der Waals surface area contributed by atoms with Gasteiger partial charge in [-0.05, 0) is 75.1 Å². The SMILES string of the molecule is N=Nc1cc(-c2ccc3cc(S(=O)(=O)[O-])cc(S(=O)(=O)[O-])c3c2)c2ccccc2c1N=Nc1c(O)c(S(=O)(=O)[O-])cc2cc(S(=O)(=O)[O-])ccc12.[Na+].[Na+].[Na+].[Na+]. The summed E-state index contributed by atoms with van der Waals surface area (Å²) in [4.78, 5) is -3.85. The number of nitrogens with one attached hydrogen (secondary N) is 1. The molecule has 6 aromatic carbocycles. The topological polar surface area (TPSA) is 310 Å². The smallest absolute Gasteiger partial charge is 0.744 e. The monoisotopic (exact) mass is 860 g/mol. The Labute approximate surface area is 401 Å². The van der Waals surface area contributed by atoms with Crippen molar-refractivity contribution in [3.63, 3.8) is 0 Å². The molecule has 55 heavy (non-hydrogen) atoms. The first-order chi connectivity index (χ1) is 23.7. The predicted molar refractivity (Wildman–Crippen MR) is 173 cm³/mol. The van der Waals surface area contributed by atoms with Crippen molar-refractivity contribution in [1.29, 1.82) is 5.53 Å². The summed E-state index contributed by atoms with van der Waals surface area (Å²) < 4.78 is 142. The fourth-order valence-corrected chi connectivity index (χ4v) is 7.90. The van der Waals surface area contributed by atoms with E-state index in [0.717, 1.165) is 24.3 Å². The Morgan fingerprint density at radius 2 is 1.07 bits per heavy atom. The molecule has 0 radical (unpaired) electrons. The van der Waals surface area contributed by atoms with Gasteiger partial charge in [-0.1, -0.05) is 42.5 Å². The van der Waals surface area contributed by atoms with Gasteiger partial charge in [0.1, 0.15) is 57.5 Å². The van der Waals surface area contributed by atoms with E-state index >= 15 is 0 Å². The molecule has 0 heterocycles. The summed E-state index contributed by atoms with van der Waals surface area (Å²) in [5, 5.41) is 22.3. The van der Waals surface area contributed by atoms with Gasteiger partial charge in [-0.2, -0.15) is 5.11 Å². The number of hydrogen-bond acceptors (Lipinski definition) is 17. The molecule has 25 heteroatoms. The molecular formula is C30H16N4Na4O13S4. The van der Waals surface area contributed by atoms with Crippen LogP contribution >= 0.6 is 0 Å². The van der Waals surface area contributed by atoms with Gasteiger partial charge in [-0.3, -0.25) is 0 Å². The van der Waals surface area contributed by atoms with Crippen molar-refractivity contribution in [2.75, 3.05) is 0 Å². The molecule has 17 nitrogen and oxygen atoms in total. The van der Waals surface area contributed by atoms with Crippen LogP contribution in [0.2, 0.25) is 0 Å². The number of aromatic hydroxyl groups is 1. The van der Waals surface area contributed by atoms with Gasteiger partial charge in [0, 0.05) is 10.8 Å². The Hall–Kier alpha value is -1.26. The van der Waals surface area contributed by atoms with Crippen molar-refractivity contribution in [3.05, 3.63) is 84.9 Å². The van der Waals surface area contributed by atoms with Crippen molar-refractivity contribution in [2.45, 2.75) is 19.6 Å². The van der Waals surface area contributed by atoms with E-state index in [4.69, 9.17) is 5.53 Å². The van der Waals surface area contributed by atoms with E-state index < -0.39 is 71.5 Å². The summed E-state index contributed by atoms with van der Waals surface area (Å²) in [5.41, 5.74) is 7.48. The molecule has 6 aromatic rings. The summed E-state index contributed by atoms with van der Waals surface area (Å²) in [7, 11) is -20.8. The molecule has 0 aliphatic heterocycles. The molecule has 0 saturated heterocycles. The quantitative estimate of drug-likeness (QED) is 0.0818. The minimum atomic E-state index is -5.38. The van der Waals surface area contributed by atoms with Crippen LogP contribution in [0.5, 0.6) is 5.75 Å². The van der Waals surface area contributed by atoms with Crippen molar-refractivity contribution in [2.24, 2.45) is 15.3 Å². The Kier molecular flexibility index (Phi) is 16.6. The van der Waals surface area contributed by atoms with Crippen LogP contribution in [0.3, 0.4) is 0 Å². The Bertz CT molecular complexity index is 3020. The molecule has 0 fully saturated rings. The van der Waals surface area contributed by atoms with Crippen molar-refractivity contribution < 1.29 is 175 Å². The molecular weight excluding hydrogens is 845 g/mol. The van der Waals surface area contributed by atoms with Crippen LogP contribution in [-0.2, 0) is 40.5 Å². The first kappa shape index (κ1) is 49.9. The average Bonchev–Trinajstić information content (AvgIpc) is 3.04. The number of phenolic OH excluding ortho intramolecular Hbond substituents is 1. The van der Waals surface area contributed by atoms with Crippen LogP contribution in [0.1, 0.15) is 0 Å². The van der Waals surface area contributed by atoms with E-state index in [1.807, 2.05) is 0 Å². The van der Waals surface area contributed by atoms with Gasteiger partial charge < -0.3 is 23.3 Å². The zero-order valence-electron chi connectivity index (χ0n) is 28.9. The Balaban J connectivity index is 0.00000261. The number of benzene rings is 6. The summed E-state index contributed by atoms with van der Waals surface area (Å²) in [5.74, 6) is -1.14. The maximum absolute atomic E-state index is 12.1. The van der Waals surface area contributed by atoms with E-state index in [9.17, 15) is 57.0 Å². The van der Waals surface area contributed by atoms with Gasteiger partial charge in [-0.15, -0.1) is 10.2 Å². The first-order valence-electron chi connectivity index (χ1n) is 13.7. The second-order valence-corrected chi connectivity index (χ2v) is 16.2. The minimum absolute atomic E-state index is 0. The minimum Gasteiger partial charge on any atom is -0.744 e. The van der Waals surface area contributed by atoms with Crippen molar-refractivity contribution in [3.8, 4) is 16.9 Å². The predicted octanol–water partition coefficient (Wildman–Crippen LogP) is -6.77. The molecule has 0 aromatic heterocycles. The van der Waals surface area contributed by atoms with Crippen molar-refractivity contribution >= 4 is 89.9 Å². The molecule has 0 spiro atoms. The van der Waals surface area contributed by atoms with Gasteiger partial charge in [0.05, 0.1) is 19.6 Å². The van der Waals surface area contributed by atoms with Gasteiger partial charge in [0.25, 0.3) is 0 Å². The number of nitrogens with zero attached hydrogens (tertiary/aromatic N) is 3. The van der Waals surface area contributed by atoms with Crippen LogP contribution < -0.4 is 118 Å². The summed E-state index contributed by atoms with van der Waals surface area (Å²) in [6.45, 7) is 0. The third-order valence-electron chi connectivity index (χ3n) is 7.71. The van der Waals surface area contributed by atoms with Crippen LogP contribution in [0.25, 0.3) is 43.4 Å². The van der Waals surface area contributed by atoms with Gasteiger partial charge >= 0.3 is 118 Å². The molecule has 0 unspecified atom stereocenters. The molecule has 0 saturated carbocycles. The summed E-state index contributed by atoms with van der Waals surface area (Å²) >= 11 is 0. The number of fused-ring (bicyclic) bond motifs is 3. The van der Waals surface area contributed by atoms with Gasteiger partial charge in [0.2, 0.25) is 0 Å². The molecule has 0 atom stereocenters. The van der Waals surface area contributed by atoms with E-state index in [2.05, 4.69) is 15.3 Å². The standard InChI is InChI=1S/C30H20N4O13S4.4Na/c31-32-25-14-23(16-6-5-15-9-19(49(39,40)41)13-26(24(15)11-16)50(42,43)44)21-3-1-2-4-22(21)28(25)33-34-29-20-8-7-18(48(36,37)38)10-17(20)12-27(30(29)35)51(45,46)47;;;;/h1-14,31,35H,(H,36,37,38)(H,39,40,41)(H,42,43,44)(H,45,46,47);;;;/q;4*+1/p-4. The van der Waals surface area contributed by atoms with Crippen LogP contribution in [0, 0.1) is 5.53 Å². The van der Waals surface area contributed by atoms with Gasteiger partial charge in [0.15, 0.2) is 5.75 Å². The van der Waals surface area contributed by atoms with E-state index in [1.165, 1.54) is 30.3 Å². The van der Waals surface area contributed by atoms with E-state index in [0.29, 0.717) is 23.1 Å². The molecule has 0 amide bonds. The van der Waals surface area contributed by atoms with E-state index in [-0.39, 0.29) is 162 Å². The third kappa shape index (κ3) is 10.3. The Morgan fingerprint density at radius 1 is 0.509 bits per heavy atom. The number of phenols is 1. The molecule has 6 rings (SSSR count). The average molecular weight is 861 g/mol. The van der Waals surface area contributed by atoms with Crippen LogP contribution in [0.15, 0.2) is 120 Å². The second-order valence-electron chi connectivity index (χ2n) is 10.8. The summed E-state index contributed by atoms with van der Waals surface area (Å²) in [6, 6.07) is 16.3. The third-order valence-corrected chi connectivity index (χ3v) is 11.1. The number of azo groups is 1. The molecule has 0 aliphatic rings. The fourth-order valence-electron chi connectivity index (χ4n) is 5.47. The first-order valence-corrected chi connectivity index (χ1v) is 19.4. The van der Waals surface area contributed by atoms with Crippen molar-refractivity contribution in [1.82, 2.24) is 0 Å². The largest absolute Gasteiger partial charge is 1.00 e. The summed E-state index contributed by atoms with van der Waals surface area (Å²) in [6.07, 6.45) is 0. The van der Waals surface area contributed by atoms with Crippen LogP contribution in [-0.4, -0.2) is 57.0 Å². The number of hydrogen-bond donors (Lipinski definition) is 2. The molecule has 0 aliphatic carbocycles. The molecule has 2 N–H and O–H groups in total. The zero-order valence-corrected chi connectivity index (χ0v) is 40.2. The number of rotatable bonds is 8. The maximum atomic E-state index is 12.1. The fraction of sp³-hybridized carbons (Fsp3) is 0. The molecule has 0 bridgehead atoms.